The summed E-state index contributed by atoms with van der Waals surface area (Å²) in [6.45, 7) is 4.23. The van der Waals surface area contributed by atoms with E-state index in [4.69, 9.17) is 4.74 Å². The van der Waals surface area contributed by atoms with Crippen molar-refractivity contribution in [2.24, 2.45) is 18.9 Å². The van der Waals surface area contributed by atoms with Crippen molar-refractivity contribution in [1.82, 2.24) is 25.0 Å². The van der Waals surface area contributed by atoms with Crippen LogP contribution in [0, 0.1) is 11.8 Å². The summed E-state index contributed by atoms with van der Waals surface area (Å²) in [5.74, 6) is 0.775. The van der Waals surface area contributed by atoms with E-state index in [-0.39, 0.29) is 12.0 Å². The molecule has 1 amide bonds. The van der Waals surface area contributed by atoms with Crippen LogP contribution in [0.3, 0.4) is 0 Å². The largest absolute Gasteiger partial charge is 0.376 e. The van der Waals surface area contributed by atoms with Gasteiger partial charge in [-0.05, 0) is 12.1 Å². The van der Waals surface area contributed by atoms with Gasteiger partial charge in [0.25, 0.3) is 5.91 Å². The van der Waals surface area contributed by atoms with Gasteiger partial charge in [-0.1, -0.05) is 0 Å². The summed E-state index contributed by atoms with van der Waals surface area (Å²) in [7, 11) is 1.94. The van der Waals surface area contributed by atoms with Gasteiger partial charge in [-0.15, -0.1) is 0 Å². The van der Waals surface area contributed by atoms with E-state index < -0.39 is 0 Å². The number of carbonyl (C=O) groups is 1. The SMILES string of the molecule is Cn1cc(CN2C[C@@H]3[C@H](CNC(=O)c4cccnc4)CO[C@@H]3C2)cn1. The Kier molecular flexibility index (Phi) is 4.50. The molecule has 7 heteroatoms. The maximum Gasteiger partial charge on any atom is 0.252 e. The van der Waals surface area contributed by atoms with Crippen LogP contribution in [-0.4, -0.2) is 57.9 Å². The van der Waals surface area contributed by atoms with E-state index in [9.17, 15) is 4.79 Å². The Morgan fingerprint density at radius 3 is 3.08 bits per heavy atom. The molecule has 0 saturated carbocycles. The first-order valence-corrected chi connectivity index (χ1v) is 8.69. The van der Waals surface area contributed by atoms with Gasteiger partial charge in [-0.3, -0.25) is 19.4 Å². The molecule has 0 radical (unpaired) electrons. The highest BCUT2D eigenvalue weighted by molar-refractivity contribution is 5.93. The number of fused-ring (bicyclic) bond motifs is 1. The molecule has 0 bridgehead atoms. The molecule has 132 valence electrons. The molecule has 4 heterocycles. The maximum absolute atomic E-state index is 12.2. The molecule has 2 aliphatic rings. The third-order valence-electron chi connectivity index (χ3n) is 5.13. The minimum atomic E-state index is -0.0678. The van der Waals surface area contributed by atoms with Crippen molar-refractivity contribution in [2.45, 2.75) is 12.6 Å². The molecule has 4 rings (SSSR count). The van der Waals surface area contributed by atoms with Crippen molar-refractivity contribution in [2.75, 3.05) is 26.2 Å². The second-order valence-corrected chi connectivity index (χ2v) is 6.96. The fourth-order valence-corrected chi connectivity index (χ4v) is 3.85. The van der Waals surface area contributed by atoms with Gasteiger partial charge in [-0.25, -0.2) is 0 Å². The van der Waals surface area contributed by atoms with E-state index in [2.05, 4.69) is 26.5 Å². The highest BCUT2D eigenvalue weighted by Crippen LogP contribution is 2.34. The molecule has 2 fully saturated rings. The molecular formula is C18H23N5O2. The van der Waals surface area contributed by atoms with Crippen LogP contribution in [0.25, 0.3) is 0 Å². The normalized spacial score (nSPS) is 25.9. The average molecular weight is 341 g/mol. The molecule has 2 aliphatic heterocycles. The number of amides is 1. The van der Waals surface area contributed by atoms with Gasteiger partial charge >= 0.3 is 0 Å². The van der Waals surface area contributed by atoms with Crippen molar-refractivity contribution in [1.29, 1.82) is 0 Å². The van der Waals surface area contributed by atoms with Gasteiger partial charge in [0, 0.05) is 69.2 Å². The van der Waals surface area contributed by atoms with Crippen LogP contribution >= 0.6 is 0 Å². The molecule has 2 saturated heterocycles. The third kappa shape index (κ3) is 3.57. The minimum Gasteiger partial charge on any atom is -0.376 e. The number of rotatable bonds is 5. The van der Waals surface area contributed by atoms with Gasteiger partial charge in [0.1, 0.15) is 0 Å². The third-order valence-corrected chi connectivity index (χ3v) is 5.13. The second kappa shape index (κ2) is 6.93. The molecule has 25 heavy (non-hydrogen) atoms. The minimum absolute atomic E-state index is 0.0678. The quantitative estimate of drug-likeness (QED) is 0.866. The Morgan fingerprint density at radius 2 is 2.32 bits per heavy atom. The van der Waals surface area contributed by atoms with E-state index in [0.717, 1.165) is 26.2 Å². The molecule has 3 atom stereocenters. The Labute approximate surface area is 147 Å². The summed E-state index contributed by atoms with van der Waals surface area (Å²) in [6.07, 6.45) is 7.51. The fraction of sp³-hybridized carbons (Fsp3) is 0.500. The van der Waals surface area contributed by atoms with E-state index in [1.165, 1.54) is 5.56 Å². The summed E-state index contributed by atoms with van der Waals surface area (Å²) in [6, 6.07) is 3.55. The van der Waals surface area contributed by atoms with Crippen molar-refractivity contribution >= 4 is 5.91 Å². The van der Waals surface area contributed by atoms with E-state index >= 15 is 0 Å². The molecule has 0 unspecified atom stereocenters. The summed E-state index contributed by atoms with van der Waals surface area (Å²) in [5, 5.41) is 7.26. The van der Waals surface area contributed by atoms with Crippen molar-refractivity contribution in [3.8, 4) is 0 Å². The number of ether oxygens (including phenoxy) is 1. The summed E-state index contributed by atoms with van der Waals surface area (Å²) >= 11 is 0. The zero-order valence-corrected chi connectivity index (χ0v) is 14.3. The topological polar surface area (TPSA) is 72.3 Å². The fourth-order valence-electron chi connectivity index (χ4n) is 3.85. The summed E-state index contributed by atoms with van der Waals surface area (Å²) < 4.78 is 7.81. The molecule has 0 spiro atoms. The summed E-state index contributed by atoms with van der Waals surface area (Å²) in [4.78, 5) is 18.6. The first kappa shape index (κ1) is 16.2. The van der Waals surface area contributed by atoms with E-state index in [1.807, 2.05) is 17.9 Å². The molecule has 2 aromatic rings. The second-order valence-electron chi connectivity index (χ2n) is 6.96. The Bertz CT molecular complexity index is 732. The lowest BCUT2D eigenvalue weighted by molar-refractivity contribution is 0.0903. The molecule has 0 aromatic carbocycles. The standard InChI is InChI=1S/C18H23N5O2/c1-22-8-13(5-21-22)9-23-10-16-15(12-25-17(16)11-23)7-20-18(24)14-3-2-4-19-6-14/h2-6,8,15-17H,7,9-12H2,1H3,(H,20,24)/t15-,16-,17-/m1/s1. The Balaban J connectivity index is 1.30. The number of likely N-dealkylation sites (tertiary alicyclic amines) is 1. The first-order chi connectivity index (χ1) is 12.2. The predicted molar refractivity (Wildman–Crippen MR) is 91.8 cm³/mol. The molecule has 1 N–H and O–H groups in total. The first-order valence-electron chi connectivity index (χ1n) is 8.69. The number of nitrogens with zero attached hydrogens (tertiary/aromatic N) is 4. The van der Waals surface area contributed by atoms with Gasteiger partial charge in [0.05, 0.1) is 24.5 Å². The lowest BCUT2D eigenvalue weighted by Crippen LogP contribution is -2.34. The lowest BCUT2D eigenvalue weighted by atomic mass is 9.93. The zero-order chi connectivity index (χ0) is 17.2. The number of pyridine rings is 1. The monoisotopic (exact) mass is 341 g/mol. The number of aromatic nitrogens is 3. The highest BCUT2D eigenvalue weighted by atomic mass is 16.5. The van der Waals surface area contributed by atoms with Crippen molar-refractivity contribution in [3.63, 3.8) is 0 Å². The van der Waals surface area contributed by atoms with Crippen LogP contribution in [0.15, 0.2) is 36.9 Å². The van der Waals surface area contributed by atoms with Crippen molar-refractivity contribution < 1.29 is 9.53 Å². The van der Waals surface area contributed by atoms with Crippen LogP contribution < -0.4 is 5.32 Å². The Morgan fingerprint density at radius 1 is 1.40 bits per heavy atom. The van der Waals surface area contributed by atoms with E-state index in [0.29, 0.717) is 23.9 Å². The molecule has 7 nitrogen and oxygen atoms in total. The van der Waals surface area contributed by atoms with Crippen LogP contribution in [0.2, 0.25) is 0 Å². The number of aryl methyl sites for hydroxylation is 1. The number of hydrogen-bond donors (Lipinski definition) is 1. The number of carbonyl (C=O) groups excluding carboxylic acids is 1. The zero-order valence-electron chi connectivity index (χ0n) is 14.3. The van der Waals surface area contributed by atoms with Crippen molar-refractivity contribution in [3.05, 3.63) is 48.0 Å². The van der Waals surface area contributed by atoms with E-state index in [1.54, 1.807) is 24.5 Å². The smallest absolute Gasteiger partial charge is 0.252 e. The van der Waals surface area contributed by atoms with Gasteiger partial charge < -0.3 is 10.1 Å². The lowest BCUT2D eigenvalue weighted by Gasteiger charge is -2.19. The average Bonchev–Trinajstić information content (AvgIpc) is 3.30. The molecule has 2 aromatic heterocycles. The maximum atomic E-state index is 12.2. The number of nitrogens with one attached hydrogen (secondary N) is 1. The van der Waals surface area contributed by atoms with Gasteiger partial charge in [-0.2, -0.15) is 5.10 Å². The van der Waals surface area contributed by atoms with Crippen LogP contribution in [-0.2, 0) is 18.3 Å². The van der Waals surface area contributed by atoms with Crippen LogP contribution in [0.1, 0.15) is 15.9 Å². The van der Waals surface area contributed by atoms with Gasteiger partial charge in [0.2, 0.25) is 0 Å². The number of hydrogen-bond acceptors (Lipinski definition) is 5. The van der Waals surface area contributed by atoms with Crippen LogP contribution in [0.4, 0.5) is 0 Å². The molecular weight excluding hydrogens is 318 g/mol. The summed E-state index contributed by atoms with van der Waals surface area (Å²) in [5.41, 5.74) is 1.83. The Hall–Kier alpha value is -2.25. The highest BCUT2D eigenvalue weighted by Gasteiger charge is 2.43. The molecule has 0 aliphatic carbocycles. The van der Waals surface area contributed by atoms with Crippen LogP contribution in [0.5, 0.6) is 0 Å². The van der Waals surface area contributed by atoms with Gasteiger partial charge in [0.15, 0.2) is 0 Å². The predicted octanol–water partition coefficient (Wildman–Crippen LogP) is 0.692.